The molecule has 34 heavy (non-hydrogen) atoms. The highest BCUT2D eigenvalue weighted by atomic mass is 32.3. The van der Waals surface area contributed by atoms with Gasteiger partial charge in [0.1, 0.15) is 0 Å². The molecule has 0 amide bonds. The van der Waals surface area contributed by atoms with Crippen LogP contribution in [0.15, 0.2) is 89.2 Å². The number of nitrogens with zero attached hydrogens (tertiary/aromatic N) is 1. The van der Waals surface area contributed by atoms with Gasteiger partial charge in [0, 0.05) is 0 Å². The molecule has 0 saturated heterocycles. The van der Waals surface area contributed by atoms with Crippen LogP contribution in [-0.4, -0.2) is 27.1 Å². The number of hydrogen-bond acceptors (Lipinski definition) is 4. The second kappa shape index (κ2) is 9.36. The largest absolute Gasteiger partial charge is 0.416 e. The van der Waals surface area contributed by atoms with E-state index in [4.69, 9.17) is 0 Å². The average molecular weight is 510 g/mol. The Hall–Kier alpha value is -2.95. The van der Waals surface area contributed by atoms with E-state index in [2.05, 4.69) is 6.58 Å². The van der Waals surface area contributed by atoms with Crippen molar-refractivity contribution in [3.8, 4) is 0 Å². The molecule has 0 atom stereocenters. The molecule has 3 aromatic carbocycles. The van der Waals surface area contributed by atoms with E-state index in [1.807, 2.05) is 0 Å². The van der Waals surface area contributed by atoms with Crippen LogP contribution >= 0.6 is 0 Å². The van der Waals surface area contributed by atoms with Gasteiger partial charge in [-0.05, 0) is 61.4 Å². The number of alkyl halides is 3. The predicted molar refractivity (Wildman–Crippen MR) is 124 cm³/mol. The van der Waals surface area contributed by atoms with Gasteiger partial charge >= 0.3 is 6.18 Å². The molecular weight excluding hydrogens is 487 g/mol. The van der Waals surface area contributed by atoms with Gasteiger partial charge in [-0.15, -0.1) is 0 Å². The normalized spacial score (nSPS) is 12.6. The first-order chi connectivity index (χ1) is 15.7. The third kappa shape index (κ3) is 5.40. The molecule has 0 fully saturated rings. The molecule has 10 heteroatoms. The number of rotatable bonds is 7. The monoisotopic (exact) mass is 509 g/mol. The Morgan fingerprint density at radius 1 is 0.735 bits per heavy atom. The first-order valence-electron chi connectivity index (χ1n) is 9.99. The van der Waals surface area contributed by atoms with E-state index in [-0.39, 0.29) is 20.9 Å². The molecule has 0 bridgehead atoms. The van der Waals surface area contributed by atoms with Crippen LogP contribution in [0.5, 0.6) is 0 Å². The molecule has 0 aromatic heterocycles. The molecule has 3 aromatic rings. The number of halogens is 3. The first-order valence-corrected chi connectivity index (χ1v) is 12.9. The van der Waals surface area contributed by atoms with Crippen LogP contribution in [0.2, 0.25) is 0 Å². The van der Waals surface area contributed by atoms with Gasteiger partial charge in [-0.1, -0.05) is 57.8 Å². The quantitative estimate of drug-likeness (QED) is 0.427. The summed E-state index contributed by atoms with van der Waals surface area (Å²) >= 11 is 0. The van der Waals surface area contributed by atoms with E-state index in [0.717, 1.165) is 35.4 Å². The maximum absolute atomic E-state index is 13.4. The van der Waals surface area contributed by atoms with Crippen molar-refractivity contribution in [1.82, 2.24) is 3.71 Å². The Bertz CT molecular complexity index is 1320. The van der Waals surface area contributed by atoms with Crippen LogP contribution in [0, 0.1) is 13.8 Å². The van der Waals surface area contributed by atoms with Crippen molar-refractivity contribution in [3.63, 3.8) is 0 Å². The fourth-order valence-corrected chi connectivity index (χ4v) is 6.73. The van der Waals surface area contributed by atoms with Gasteiger partial charge in [0.05, 0.1) is 21.9 Å². The van der Waals surface area contributed by atoms with E-state index in [0.29, 0.717) is 3.71 Å². The lowest BCUT2D eigenvalue weighted by Crippen LogP contribution is -2.38. The summed E-state index contributed by atoms with van der Waals surface area (Å²) in [6.45, 7) is 6.57. The van der Waals surface area contributed by atoms with Crippen molar-refractivity contribution in [2.24, 2.45) is 0 Å². The summed E-state index contributed by atoms with van der Waals surface area (Å²) in [5.74, 6) is 0. The Morgan fingerprint density at radius 3 is 1.47 bits per heavy atom. The van der Waals surface area contributed by atoms with Gasteiger partial charge in [0.15, 0.2) is 0 Å². The summed E-state index contributed by atoms with van der Waals surface area (Å²) in [4.78, 5) is -0.483. The molecule has 180 valence electrons. The molecule has 0 radical (unpaired) electrons. The highest BCUT2D eigenvalue weighted by molar-refractivity contribution is 8.04. The van der Waals surface area contributed by atoms with Crippen LogP contribution in [0.3, 0.4) is 0 Å². The summed E-state index contributed by atoms with van der Waals surface area (Å²) in [6, 6.07) is 15.2. The SMILES string of the molecule is C=C(CN(S(=O)(=O)c1ccc(C)cc1)S(=O)(=O)c1ccc(C)cc1)c1ccc(C(F)(F)F)cc1. The third-order valence-electron chi connectivity index (χ3n) is 5.11. The maximum Gasteiger partial charge on any atom is 0.416 e. The molecule has 5 nitrogen and oxygen atoms in total. The van der Waals surface area contributed by atoms with E-state index in [1.54, 1.807) is 13.8 Å². The van der Waals surface area contributed by atoms with Crippen molar-refractivity contribution < 1.29 is 30.0 Å². The average Bonchev–Trinajstić information content (AvgIpc) is 2.77. The minimum atomic E-state index is -4.56. The third-order valence-corrected chi connectivity index (χ3v) is 9.36. The smallest absolute Gasteiger partial charge is 0.206 e. The highest BCUT2D eigenvalue weighted by Gasteiger charge is 2.37. The second-order valence-corrected chi connectivity index (χ2v) is 11.7. The van der Waals surface area contributed by atoms with Gasteiger partial charge in [0.25, 0.3) is 20.0 Å². The van der Waals surface area contributed by atoms with Gasteiger partial charge in [-0.25, -0.2) is 16.8 Å². The van der Waals surface area contributed by atoms with Gasteiger partial charge in [-0.2, -0.15) is 13.2 Å². The van der Waals surface area contributed by atoms with E-state index >= 15 is 0 Å². The Kier molecular flexibility index (Phi) is 7.07. The summed E-state index contributed by atoms with van der Waals surface area (Å²) in [7, 11) is -9.13. The van der Waals surface area contributed by atoms with Gasteiger partial charge in [-0.3, -0.25) is 0 Å². The molecule has 0 saturated carbocycles. The summed E-state index contributed by atoms with van der Waals surface area (Å²) in [5, 5.41) is 0. The Labute approximate surface area is 197 Å². The topological polar surface area (TPSA) is 71.5 Å². The van der Waals surface area contributed by atoms with Crippen LogP contribution in [0.1, 0.15) is 22.3 Å². The molecule has 3 rings (SSSR count). The molecular formula is C24H22F3NO4S2. The maximum atomic E-state index is 13.4. The lowest BCUT2D eigenvalue weighted by Gasteiger charge is -2.23. The molecule has 0 spiro atoms. The van der Waals surface area contributed by atoms with Crippen molar-refractivity contribution in [2.45, 2.75) is 29.8 Å². The van der Waals surface area contributed by atoms with Crippen molar-refractivity contribution in [1.29, 1.82) is 0 Å². The number of sulfonamides is 2. The highest BCUT2D eigenvalue weighted by Crippen LogP contribution is 2.31. The first kappa shape index (κ1) is 25.7. The van der Waals surface area contributed by atoms with Crippen LogP contribution < -0.4 is 0 Å². The summed E-state index contributed by atoms with van der Waals surface area (Å²) < 4.78 is 92.7. The molecule has 0 aliphatic rings. The van der Waals surface area contributed by atoms with Crippen LogP contribution in [0.25, 0.3) is 5.57 Å². The van der Waals surface area contributed by atoms with Gasteiger partial charge < -0.3 is 0 Å². The lowest BCUT2D eigenvalue weighted by atomic mass is 10.1. The molecule has 0 N–H and O–H groups in total. The zero-order chi connectivity index (χ0) is 25.3. The molecule has 0 heterocycles. The Balaban J connectivity index is 2.07. The zero-order valence-electron chi connectivity index (χ0n) is 18.4. The summed E-state index contributed by atoms with van der Waals surface area (Å²) in [5.41, 5.74) is 0.860. The van der Waals surface area contributed by atoms with E-state index in [9.17, 15) is 30.0 Å². The van der Waals surface area contributed by atoms with Crippen LogP contribution in [0.4, 0.5) is 13.2 Å². The number of hydrogen-bond donors (Lipinski definition) is 0. The van der Waals surface area contributed by atoms with E-state index < -0.39 is 38.3 Å². The van der Waals surface area contributed by atoms with Crippen molar-refractivity contribution >= 4 is 25.6 Å². The minimum absolute atomic E-state index is 0.0140. The number of benzene rings is 3. The van der Waals surface area contributed by atoms with Crippen molar-refractivity contribution in [2.75, 3.05) is 6.54 Å². The predicted octanol–water partition coefficient (Wildman–Crippen LogP) is 5.42. The molecule has 0 aliphatic heterocycles. The van der Waals surface area contributed by atoms with Crippen LogP contribution in [-0.2, 0) is 26.2 Å². The molecule has 0 unspecified atom stereocenters. The standard InChI is InChI=1S/C24H22F3NO4S2/c1-17-4-12-22(13-5-17)33(29,30)28(34(31,32)23-14-6-18(2)7-15-23)16-19(3)20-8-10-21(11-9-20)24(25,26)27/h4-15H,3,16H2,1-2H3. The molecule has 0 aliphatic carbocycles. The van der Waals surface area contributed by atoms with E-state index in [1.165, 1.54) is 48.5 Å². The van der Waals surface area contributed by atoms with Gasteiger partial charge in [0.2, 0.25) is 0 Å². The number of aryl methyl sites for hydroxylation is 2. The lowest BCUT2D eigenvalue weighted by molar-refractivity contribution is -0.137. The Morgan fingerprint density at radius 2 is 1.12 bits per heavy atom. The second-order valence-electron chi connectivity index (χ2n) is 7.75. The summed E-state index contributed by atoms with van der Waals surface area (Å²) in [6.07, 6.45) is -4.55. The fourth-order valence-electron chi connectivity index (χ4n) is 3.10. The fraction of sp³-hybridized carbons (Fsp3) is 0.167. The minimum Gasteiger partial charge on any atom is -0.206 e. The van der Waals surface area contributed by atoms with Crippen molar-refractivity contribution in [3.05, 3.63) is 102 Å². The zero-order valence-corrected chi connectivity index (χ0v) is 20.0.